The van der Waals surface area contributed by atoms with Crippen molar-refractivity contribution < 1.29 is 14.3 Å². The fourth-order valence-electron chi connectivity index (χ4n) is 2.71. The quantitative estimate of drug-likeness (QED) is 0.831. The molecule has 1 amide bonds. The molecule has 1 atom stereocenters. The van der Waals surface area contributed by atoms with Gasteiger partial charge in [0.2, 0.25) is 0 Å². The van der Waals surface area contributed by atoms with Crippen molar-refractivity contribution >= 4 is 6.09 Å². The number of alkyl carbamates (subject to hydrolysis) is 1. The molecule has 1 unspecified atom stereocenters. The summed E-state index contributed by atoms with van der Waals surface area (Å²) in [7, 11) is 0. The summed E-state index contributed by atoms with van der Waals surface area (Å²) in [6.45, 7) is 8.12. The van der Waals surface area contributed by atoms with Gasteiger partial charge in [-0.25, -0.2) is 4.79 Å². The van der Waals surface area contributed by atoms with Gasteiger partial charge < -0.3 is 20.1 Å². The zero-order valence-corrected chi connectivity index (χ0v) is 13.0. The van der Waals surface area contributed by atoms with Gasteiger partial charge in [0.15, 0.2) is 0 Å². The molecule has 1 saturated heterocycles. The molecule has 2 rings (SSSR count). The largest absolute Gasteiger partial charge is 0.444 e. The zero-order valence-electron chi connectivity index (χ0n) is 13.0. The van der Waals surface area contributed by atoms with E-state index in [4.69, 9.17) is 9.47 Å². The van der Waals surface area contributed by atoms with Crippen LogP contribution in [0.3, 0.4) is 0 Å². The molecule has 0 bridgehead atoms. The van der Waals surface area contributed by atoms with Gasteiger partial charge in [0.05, 0.1) is 12.1 Å². The van der Waals surface area contributed by atoms with Crippen molar-refractivity contribution in [1.29, 1.82) is 0 Å². The number of ether oxygens (including phenoxy) is 2. The second kappa shape index (κ2) is 6.31. The van der Waals surface area contributed by atoms with E-state index in [1.165, 1.54) is 6.42 Å². The predicted molar refractivity (Wildman–Crippen MR) is 77.8 cm³/mol. The Bertz CT molecular complexity index is 329. The van der Waals surface area contributed by atoms with Crippen molar-refractivity contribution in [3.8, 4) is 0 Å². The molecular weight excluding hydrogens is 256 g/mol. The van der Waals surface area contributed by atoms with Crippen molar-refractivity contribution in [3.05, 3.63) is 0 Å². The fourth-order valence-corrected chi connectivity index (χ4v) is 2.71. The lowest BCUT2D eigenvalue weighted by Crippen LogP contribution is -2.61. The monoisotopic (exact) mass is 284 g/mol. The standard InChI is InChI=1S/C15H28N2O3/c1-14(2,3)20-13(18)17-15(7-5-8-15)11-16-12-6-4-9-19-10-12/h12,16H,4-11H2,1-3H3,(H,17,18). The highest BCUT2D eigenvalue weighted by atomic mass is 16.6. The van der Waals surface area contributed by atoms with Crippen LogP contribution in [0.2, 0.25) is 0 Å². The van der Waals surface area contributed by atoms with Crippen LogP contribution < -0.4 is 10.6 Å². The third-order valence-corrected chi connectivity index (χ3v) is 3.97. The van der Waals surface area contributed by atoms with Crippen LogP contribution in [0.15, 0.2) is 0 Å². The maximum absolute atomic E-state index is 11.9. The van der Waals surface area contributed by atoms with Gasteiger partial charge in [0.1, 0.15) is 5.60 Å². The molecule has 2 fully saturated rings. The van der Waals surface area contributed by atoms with E-state index in [1.807, 2.05) is 20.8 Å². The minimum atomic E-state index is -0.445. The minimum absolute atomic E-state index is 0.125. The molecule has 0 aromatic carbocycles. The number of hydrogen-bond donors (Lipinski definition) is 2. The molecule has 0 radical (unpaired) electrons. The molecule has 0 spiro atoms. The Hall–Kier alpha value is -0.810. The molecule has 1 aliphatic carbocycles. The molecule has 1 saturated carbocycles. The van der Waals surface area contributed by atoms with Crippen molar-refractivity contribution in [2.24, 2.45) is 0 Å². The number of nitrogens with one attached hydrogen (secondary N) is 2. The summed E-state index contributed by atoms with van der Waals surface area (Å²) >= 11 is 0. The third kappa shape index (κ3) is 4.63. The molecule has 2 aliphatic rings. The average molecular weight is 284 g/mol. The highest BCUT2D eigenvalue weighted by Gasteiger charge is 2.39. The smallest absolute Gasteiger partial charge is 0.408 e. The van der Waals surface area contributed by atoms with Crippen LogP contribution in [-0.4, -0.2) is 43.0 Å². The van der Waals surface area contributed by atoms with Gasteiger partial charge in [0, 0.05) is 19.2 Å². The molecular formula is C15H28N2O3. The van der Waals surface area contributed by atoms with Crippen LogP contribution in [0, 0.1) is 0 Å². The SMILES string of the molecule is CC(C)(C)OC(=O)NC1(CNC2CCCOC2)CCC1. The molecule has 20 heavy (non-hydrogen) atoms. The summed E-state index contributed by atoms with van der Waals surface area (Å²) in [5.74, 6) is 0. The van der Waals surface area contributed by atoms with Crippen LogP contribution in [0.25, 0.3) is 0 Å². The summed E-state index contributed by atoms with van der Waals surface area (Å²) < 4.78 is 10.8. The van der Waals surface area contributed by atoms with Crippen LogP contribution in [-0.2, 0) is 9.47 Å². The number of carbonyl (C=O) groups is 1. The zero-order chi connectivity index (χ0) is 14.6. The number of amides is 1. The Morgan fingerprint density at radius 2 is 2.10 bits per heavy atom. The number of carbonyl (C=O) groups excluding carboxylic acids is 1. The van der Waals surface area contributed by atoms with E-state index in [0.29, 0.717) is 6.04 Å². The molecule has 1 aliphatic heterocycles. The third-order valence-electron chi connectivity index (χ3n) is 3.97. The normalized spacial score (nSPS) is 25.6. The first-order valence-corrected chi connectivity index (χ1v) is 7.71. The van der Waals surface area contributed by atoms with E-state index in [1.54, 1.807) is 0 Å². The van der Waals surface area contributed by atoms with E-state index in [-0.39, 0.29) is 11.6 Å². The molecule has 116 valence electrons. The number of rotatable bonds is 4. The Kier molecular flexibility index (Phi) is 4.91. The highest BCUT2D eigenvalue weighted by molar-refractivity contribution is 5.69. The molecule has 2 N–H and O–H groups in total. The molecule has 5 nitrogen and oxygen atoms in total. The fraction of sp³-hybridized carbons (Fsp3) is 0.933. The topological polar surface area (TPSA) is 59.6 Å². The second-order valence-corrected chi connectivity index (χ2v) is 7.06. The lowest BCUT2D eigenvalue weighted by Gasteiger charge is -2.43. The van der Waals surface area contributed by atoms with Crippen molar-refractivity contribution in [2.45, 2.75) is 70.1 Å². The summed E-state index contributed by atoms with van der Waals surface area (Å²) in [6, 6.07) is 0.418. The molecule has 0 aromatic rings. The Labute approximate surface area is 121 Å². The lowest BCUT2D eigenvalue weighted by atomic mass is 9.76. The van der Waals surface area contributed by atoms with Gasteiger partial charge in [-0.1, -0.05) is 0 Å². The second-order valence-electron chi connectivity index (χ2n) is 7.06. The van der Waals surface area contributed by atoms with E-state index in [0.717, 1.165) is 45.4 Å². The highest BCUT2D eigenvalue weighted by Crippen LogP contribution is 2.31. The maximum Gasteiger partial charge on any atom is 0.408 e. The van der Waals surface area contributed by atoms with Gasteiger partial charge in [-0.2, -0.15) is 0 Å². The average Bonchev–Trinajstić information content (AvgIpc) is 2.31. The van der Waals surface area contributed by atoms with Crippen LogP contribution in [0.1, 0.15) is 52.9 Å². The van der Waals surface area contributed by atoms with E-state index < -0.39 is 5.60 Å². The van der Waals surface area contributed by atoms with Gasteiger partial charge in [-0.3, -0.25) is 0 Å². The predicted octanol–water partition coefficient (Wildman–Crippen LogP) is 2.20. The van der Waals surface area contributed by atoms with Gasteiger partial charge in [-0.15, -0.1) is 0 Å². The van der Waals surface area contributed by atoms with E-state index in [9.17, 15) is 4.79 Å². The molecule has 5 heteroatoms. The van der Waals surface area contributed by atoms with Crippen molar-refractivity contribution in [3.63, 3.8) is 0 Å². The molecule has 1 heterocycles. The summed E-state index contributed by atoms with van der Waals surface area (Å²) in [5, 5.41) is 6.60. The summed E-state index contributed by atoms with van der Waals surface area (Å²) in [6.07, 6.45) is 5.17. The Morgan fingerprint density at radius 1 is 1.35 bits per heavy atom. The first-order valence-electron chi connectivity index (χ1n) is 7.71. The first kappa shape index (κ1) is 15.6. The summed E-state index contributed by atoms with van der Waals surface area (Å²) in [5.41, 5.74) is -0.570. The van der Waals surface area contributed by atoms with E-state index >= 15 is 0 Å². The Balaban J connectivity index is 1.78. The van der Waals surface area contributed by atoms with Gasteiger partial charge in [-0.05, 0) is 52.9 Å². The van der Waals surface area contributed by atoms with Crippen molar-refractivity contribution in [2.75, 3.05) is 19.8 Å². The summed E-state index contributed by atoms with van der Waals surface area (Å²) in [4.78, 5) is 11.9. The van der Waals surface area contributed by atoms with Crippen LogP contribution in [0.5, 0.6) is 0 Å². The number of hydrogen-bond acceptors (Lipinski definition) is 4. The van der Waals surface area contributed by atoms with Gasteiger partial charge >= 0.3 is 6.09 Å². The lowest BCUT2D eigenvalue weighted by molar-refractivity contribution is 0.0347. The minimum Gasteiger partial charge on any atom is -0.444 e. The van der Waals surface area contributed by atoms with Crippen LogP contribution >= 0.6 is 0 Å². The first-order chi connectivity index (χ1) is 9.39. The Morgan fingerprint density at radius 3 is 2.60 bits per heavy atom. The van der Waals surface area contributed by atoms with Crippen molar-refractivity contribution in [1.82, 2.24) is 10.6 Å². The van der Waals surface area contributed by atoms with Gasteiger partial charge in [0.25, 0.3) is 0 Å². The van der Waals surface area contributed by atoms with E-state index in [2.05, 4.69) is 10.6 Å². The maximum atomic E-state index is 11.9. The van der Waals surface area contributed by atoms with Crippen LogP contribution in [0.4, 0.5) is 4.79 Å². The molecule has 0 aromatic heterocycles.